The number of halogens is 1. The van der Waals surface area contributed by atoms with Gasteiger partial charge in [0, 0.05) is 12.2 Å². The number of anilines is 1. The molecule has 3 aromatic rings. The van der Waals surface area contributed by atoms with E-state index < -0.39 is 0 Å². The highest BCUT2D eigenvalue weighted by Gasteiger charge is 2.31. The Morgan fingerprint density at radius 2 is 1.70 bits per heavy atom. The maximum Gasteiger partial charge on any atom is 0.174 e. The van der Waals surface area contributed by atoms with Crippen molar-refractivity contribution in [1.82, 2.24) is 4.90 Å². The van der Waals surface area contributed by atoms with Crippen molar-refractivity contribution in [2.75, 3.05) is 32.7 Å². The standard InChI is InChI=1S/C26H27FN2O3S/c1-17-4-8-20(9-5-17)28-26(33)29-13-12-18-14-24(30-2)25(31-3)15-22(18)23(29)16-32-21-10-6-19(27)7-11-21/h4-11,14-15,23H,12-13,16H2,1-3H3,(H,28,33). The number of nitrogens with zero attached hydrogens (tertiary/aromatic N) is 1. The van der Waals surface area contributed by atoms with E-state index in [4.69, 9.17) is 26.4 Å². The molecule has 4 rings (SSSR count). The molecule has 33 heavy (non-hydrogen) atoms. The van der Waals surface area contributed by atoms with E-state index in [-0.39, 0.29) is 11.9 Å². The highest BCUT2D eigenvalue weighted by Crippen LogP contribution is 2.38. The van der Waals surface area contributed by atoms with Crippen LogP contribution in [0, 0.1) is 12.7 Å². The molecule has 3 aromatic carbocycles. The van der Waals surface area contributed by atoms with Crippen LogP contribution in [0.3, 0.4) is 0 Å². The molecule has 0 aliphatic carbocycles. The van der Waals surface area contributed by atoms with E-state index in [1.807, 2.05) is 43.3 Å². The Balaban J connectivity index is 1.63. The fourth-order valence-electron chi connectivity index (χ4n) is 3.99. The van der Waals surface area contributed by atoms with Crippen molar-refractivity contribution < 1.29 is 18.6 Å². The van der Waals surface area contributed by atoms with Gasteiger partial charge in [-0.3, -0.25) is 0 Å². The summed E-state index contributed by atoms with van der Waals surface area (Å²) in [6.45, 7) is 3.11. The van der Waals surface area contributed by atoms with Gasteiger partial charge in [-0.2, -0.15) is 0 Å². The Kier molecular flexibility index (Phi) is 6.99. The van der Waals surface area contributed by atoms with Crippen molar-refractivity contribution in [1.29, 1.82) is 0 Å². The molecule has 1 atom stereocenters. The lowest BCUT2D eigenvalue weighted by atomic mass is 9.92. The predicted octanol–water partition coefficient (Wildman–Crippen LogP) is 5.53. The van der Waals surface area contributed by atoms with Gasteiger partial charge in [-0.05, 0) is 85.2 Å². The molecular formula is C26H27FN2O3S. The van der Waals surface area contributed by atoms with E-state index >= 15 is 0 Å². The molecule has 0 bridgehead atoms. The summed E-state index contributed by atoms with van der Waals surface area (Å²) in [5, 5.41) is 3.97. The van der Waals surface area contributed by atoms with Crippen LogP contribution in [-0.4, -0.2) is 37.4 Å². The van der Waals surface area contributed by atoms with Gasteiger partial charge in [0.05, 0.1) is 20.3 Å². The number of aryl methyl sites for hydroxylation is 1. The molecule has 1 unspecified atom stereocenters. The zero-order chi connectivity index (χ0) is 23.4. The van der Waals surface area contributed by atoms with Gasteiger partial charge in [0.2, 0.25) is 0 Å². The van der Waals surface area contributed by atoms with Gasteiger partial charge < -0.3 is 24.4 Å². The zero-order valence-corrected chi connectivity index (χ0v) is 19.7. The summed E-state index contributed by atoms with van der Waals surface area (Å²) in [4.78, 5) is 2.13. The number of hydrogen-bond acceptors (Lipinski definition) is 4. The highest BCUT2D eigenvalue weighted by molar-refractivity contribution is 7.80. The van der Waals surface area contributed by atoms with Crippen LogP contribution in [0.5, 0.6) is 17.2 Å². The van der Waals surface area contributed by atoms with Crippen molar-refractivity contribution in [3.63, 3.8) is 0 Å². The van der Waals surface area contributed by atoms with Crippen LogP contribution in [0.15, 0.2) is 60.7 Å². The first-order valence-electron chi connectivity index (χ1n) is 10.8. The van der Waals surface area contributed by atoms with Gasteiger partial charge in [0.15, 0.2) is 16.6 Å². The second kappa shape index (κ2) is 10.1. The second-order valence-corrected chi connectivity index (χ2v) is 8.31. The summed E-state index contributed by atoms with van der Waals surface area (Å²) in [5.41, 5.74) is 4.34. The predicted molar refractivity (Wildman–Crippen MR) is 132 cm³/mol. The van der Waals surface area contributed by atoms with E-state index in [0.717, 1.165) is 29.8 Å². The van der Waals surface area contributed by atoms with Crippen LogP contribution >= 0.6 is 12.2 Å². The largest absolute Gasteiger partial charge is 0.493 e. The van der Waals surface area contributed by atoms with Crippen molar-refractivity contribution in [2.45, 2.75) is 19.4 Å². The summed E-state index contributed by atoms with van der Waals surface area (Å²) >= 11 is 5.81. The van der Waals surface area contributed by atoms with Crippen molar-refractivity contribution in [3.8, 4) is 17.2 Å². The van der Waals surface area contributed by atoms with Gasteiger partial charge >= 0.3 is 0 Å². The number of fused-ring (bicyclic) bond motifs is 1. The summed E-state index contributed by atoms with van der Waals surface area (Å²) in [6.07, 6.45) is 0.804. The minimum absolute atomic E-state index is 0.163. The van der Waals surface area contributed by atoms with Crippen LogP contribution in [-0.2, 0) is 6.42 Å². The topological polar surface area (TPSA) is 43.0 Å². The smallest absolute Gasteiger partial charge is 0.174 e. The van der Waals surface area contributed by atoms with Gasteiger partial charge in [-0.25, -0.2) is 4.39 Å². The molecule has 1 heterocycles. The van der Waals surface area contributed by atoms with Crippen molar-refractivity contribution in [2.24, 2.45) is 0 Å². The Hall–Kier alpha value is -3.32. The first-order chi connectivity index (χ1) is 16.0. The zero-order valence-electron chi connectivity index (χ0n) is 18.9. The van der Waals surface area contributed by atoms with Gasteiger partial charge in [0.1, 0.15) is 18.2 Å². The molecule has 0 amide bonds. The maximum absolute atomic E-state index is 13.3. The Morgan fingerprint density at radius 1 is 1.03 bits per heavy atom. The minimum Gasteiger partial charge on any atom is -0.493 e. The second-order valence-electron chi connectivity index (χ2n) is 7.93. The van der Waals surface area contributed by atoms with E-state index in [1.54, 1.807) is 26.4 Å². The summed E-state index contributed by atoms with van der Waals surface area (Å²) < 4.78 is 30.4. The van der Waals surface area contributed by atoms with Crippen LogP contribution in [0.4, 0.5) is 10.1 Å². The molecule has 172 valence electrons. The SMILES string of the molecule is COc1cc2c(cc1OC)C(COc1ccc(F)cc1)N(C(=S)Nc1ccc(C)cc1)CC2. The van der Waals surface area contributed by atoms with Gasteiger partial charge in [-0.15, -0.1) is 0 Å². The summed E-state index contributed by atoms with van der Waals surface area (Å²) in [5.74, 6) is 1.65. The fraction of sp³-hybridized carbons (Fsp3) is 0.269. The van der Waals surface area contributed by atoms with E-state index in [0.29, 0.717) is 29.0 Å². The quantitative estimate of drug-likeness (QED) is 0.482. The molecule has 0 radical (unpaired) electrons. The van der Waals surface area contributed by atoms with Crippen LogP contribution < -0.4 is 19.5 Å². The Bertz CT molecular complexity index is 1120. The minimum atomic E-state index is -0.299. The molecule has 1 N–H and O–H groups in total. The molecule has 0 saturated heterocycles. The molecule has 0 spiro atoms. The number of methoxy groups -OCH3 is 2. The van der Waals surface area contributed by atoms with E-state index in [1.165, 1.54) is 17.7 Å². The number of rotatable bonds is 6. The normalized spacial score (nSPS) is 14.9. The number of ether oxygens (including phenoxy) is 3. The lowest BCUT2D eigenvalue weighted by molar-refractivity contribution is 0.190. The molecule has 0 fully saturated rings. The monoisotopic (exact) mass is 466 g/mol. The number of thiocarbonyl (C=S) groups is 1. The van der Waals surface area contributed by atoms with Crippen molar-refractivity contribution >= 4 is 23.0 Å². The molecular weight excluding hydrogens is 439 g/mol. The third-order valence-electron chi connectivity index (χ3n) is 5.79. The molecule has 7 heteroatoms. The first kappa shape index (κ1) is 22.9. The average Bonchev–Trinajstić information content (AvgIpc) is 2.83. The third kappa shape index (κ3) is 5.20. The van der Waals surface area contributed by atoms with Crippen LogP contribution in [0.1, 0.15) is 22.7 Å². The molecule has 0 saturated carbocycles. The first-order valence-corrected chi connectivity index (χ1v) is 11.2. The molecule has 1 aliphatic rings. The maximum atomic E-state index is 13.3. The van der Waals surface area contributed by atoms with Crippen LogP contribution in [0.2, 0.25) is 0 Å². The molecule has 5 nitrogen and oxygen atoms in total. The highest BCUT2D eigenvalue weighted by atomic mass is 32.1. The number of benzene rings is 3. The van der Waals surface area contributed by atoms with Crippen molar-refractivity contribution in [3.05, 3.63) is 83.2 Å². The number of nitrogens with one attached hydrogen (secondary N) is 1. The lowest BCUT2D eigenvalue weighted by Gasteiger charge is -2.39. The molecule has 0 aromatic heterocycles. The van der Waals surface area contributed by atoms with Crippen LogP contribution in [0.25, 0.3) is 0 Å². The Morgan fingerprint density at radius 3 is 2.36 bits per heavy atom. The van der Waals surface area contributed by atoms with Gasteiger partial charge in [-0.1, -0.05) is 17.7 Å². The molecule has 1 aliphatic heterocycles. The lowest BCUT2D eigenvalue weighted by Crippen LogP contribution is -2.44. The fourth-order valence-corrected chi connectivity index (χ4v) is 4.33. The van der Waals surface area contributed by atoms with E-state index in [2.05, 4.69) is 10.2 Å². The summed E-state index contributed by atoms with van der Waals surface area (Å²) in [6, 6.07) is 18.0. The van der Waals surface area contributed by atoms with Gasteiger partial charge in [0.25, 0.3) is 0 Å². The third-order valence-corrected chi connectivity index (χ3v) is 6.12. The Labute approximate surface area is 199 Å². The average molecular weight is 467 g/mol. The number of hydrogen-bond donors (Lipinski definition) is 1. The summed E-state index contributed by atoms with van der Waals surface area (Å²) in [7, 11) is 3.26. The van der Waals surface area contributed by atoms with E-state index in [9.17, 15) is 4.39 Å².